The maximum atomic E-state index is 13.0. The molecule has 0 saturated heterocycles. The quantitative estimate of drug-likeness (QED) is 0.135. The fourth-order valence-corrected chi connectivity index (χ4v) is 4.21. The molecule has 2 aromatic rings. The molecule has 0 aromatic carbocycles. The number of carboxylic acid groups (broad SMARTS) is 2. The van der Waals surface area contributed by atoms with Crippen LogP contribution in [-0.2, 0) is 28.7 Å². The molecule has 0 aliphatic heterocycles. The number of methoxy groups -OCH3 is 1. The van der Waals surface area contributed by atoms with Crippen LogP contribution in [0.2, 0.25) is 0 Å². The Morgan fingerprint density at radius 3 is 2.50 bits per heavy atom. The number of ether oxygens (including phenoxy) is 1. The van der Waals surface area contributed by atoms with Crippen molar-refractivity contribution in [3.05, 3.63) is 35.0 Å². The predicted octanol–water partition coefficient (Wildman–Crippen LogP) is -2.50. The summed E-state index contributed by atoms with van der Waals surface area (Å²) in [7, 11) is 1.14. The molecule has 6 N–H and O–H groups in total. The monoisotopic (exact) mass is 554 g/mol. The van der Waals surface area contributed by atoms with Crippen LogP contribution in [0.3, 0.4) is 0 Å². The van der Waals surface area contributed by atoms with Gasteiger partial charge < -0.3 is 26.0 Å². The van der Waals surface area contributed by atoms with Crippen molar-refractivity contribution in [3.8, 4) is 5.69 Å². The van der Waals surface area contributed by atoms with Gasteiger partial charge in [0.15, 0.2) is 0 Å². The highest BCUT2D eigenvalue weighted by Crippen LogP contribution is 2.26. The van der Waals surface area contributed by atoms with E-state index in [4.69, 9.17) is 10.8 Å². The molecule has 2 amide bonds. The predicted molar refractivity (Wildman–Crippen MR) is 129 cm³/mol. The molecule has 0 fully saturated rings. The van der Waals surface area contributed by atoms with E-state index in [1.165, 1.54) is 12.4 Å². The minimum absolute atomic E-state index is 0.247. The highest BCUT2D eigenvalue weighted by molar-refractivity contribution is 7.99. The van der Waals surface area contributed by atoms with Gasteiger partial charge in [-0.05, 0) is 29.0 Å². The smallest absolute Gasteiger partial charge is 0.369 e. The first-order valence-electron chi connectivity index (χ1n) is 10.9. The van der Waals surface area contributed by atoms with Crippen molar-refractivity contribution in [2.45, 2.75) is 36.7 Å². The molecule has 0 radical (unpaired) electrons. The summed E-state index contributed by atoms with van der Waals surface area (Å²) < 4.78 is 6.52. The largest absolute Gasteiger partial charge is 0.480 e. The van der Waals surface area contributed by atoms with Crippen molar-refractivity contribution in [2.75, 3.05) is 19.4 Å². The molecule has 2 rings (SSSR count). The summed E-state index contributed by atoms with van der Waals surface area (Å²) in [6.07, 6.45) is 1.94. The van der Waals surface area contributed by atoms with Crippen LogP contribution in [0.4, 0.5) is 0 Å². The molecule has 0 spiro atoms. The molecule has 3 atom stereocenters. The number of aliphatic carboxylic acids is 2. The first-order valence-corrected chi connectivity index (χ1v) is 12.0. The summed E-state index contributed by atoms with van der Waals surface area (Å²) in [6.45, 7) is -0.745. The number of nitrogens with one attached hydrogen (secondary N) is 2. The number of carbonyl (C=O) groups is 5. The number of primary amides is 1. The van der Waals surface area contributed by atoms with Crippen LogP contribution in [0, 0.1) is 0 Å². The van der Waals surface area contributed by atoms with Gasteiger partial charge >= 0.3 is 23.6 Å². The molecule has 17 nitrogen and oxygen atoms in total. The first kappa shape index (κ1) is 29.9. The second kappa shape index (κ2) is 14.4. The van der Waals surface area contributed by atoms with E-state index in [2.05, 4.69) is 30.8 Å². The molecule has 0 aliphatic carbocycles. The summed E-state index contributed by atoms with van der Waals surface area (Å²) in [5.74, 6) is -5.30. The Hall–Kier alpha value is -4.32. The Labute approximate surface area is 218 Å². The Morgan fingerprint density at radius 1 is 1.18 bits per heavy atom. The Bertz CT molecular complexity index is 1200. The molecule has 0 saturated carbocycles. The van der Waals surface area contributed by atoms with E-state index < -0.39 is 59.4 Å². The van der Waals surface area contributed by atoms with Crippen LogP contribution in [-0.4, -0.2) is 96.2 Å². The highest BCUT2D eigenvalue weighted by Gasteiger charge is 2.30. The molecule has 2 heterocycles. The Balaban J connectivity index is 2.31. The molecule has 18 heteroatoms. The van der Waals surface area contributed by atoms with Crippen molar-refractivity contribution in [3.63, 3.8) is 0 Å². The lowest BCUT2D eigenvalue weighted by molar-refractivity contribution is -0.141. The maximum absolute atomic E-state index is 13.0. The third-order valence-corrected chi connectivity index (χ3v) is 6.18. The van der Waals surface area contributed by atoms with E-state index >= 15 is 0 Å². The Kier molecular flexibility index (Phi) is 11.4. The molecule has 2 aromatic heterocycles. The third-order valence-electron chi connectivity index (χ3n) is 4.90. The lowest BCUT2D eigenvalue weighted by atomic mass is 10.1. The minimum Gasteiger partial charge on any atom is -0.480 e. The number of tetrazole rings is 1. The van der Waals surface area contributed by atoms with Gasteiger partial charge in [-0.1, -0.05) is 0 Å². The third kappa shape index (κ3) is 8.96. The number of esters is 1. The van der Waals surface area contributed by atoms with Gasteiger partial charge in [0.1, 0.15) is 18.0 Å². The van der Waals surface area contributed by atoms with Gasteiger partial charge in [-0.25, -0.2) is 4.79 Å². The number of carbonyl (C=O) groups excluding carboxylic acids is 3. The number of nitrogens with two attached hydrogens (primary N) is 1. The van der Waals surface area contributed by atoms with Gasteiger partial charge in [0.25, 0.3) is 0 Å². The van der Waals surface area contributed by atoms with Crippen LogP contribution in [0.15, 0.2) is 29.3 Å². The van der Waals surface area contributed by atoms with E-state index in [9.17, 15) is 33.9 Å². The lowest BCUT2D eigenvalue weighted by Crippen LogP contribution is -2.53. The van der Waals surface area contributed by atoms with Gasteiger partial charge in [-0.2, -0.15) is 9.36 Å². The average molecular weight is 555 g/mol. The van der Waals surface area contributed by atoms with Gasteiger partial charge in [-0.3, -0.25) is 34.3 Å². The number of amides is 2. The van der Waals surface area contributed by atoms with Gasteiger partial charge in [-0.15, -0.1) is 11.8 Å². The summed E-state index contributed by atoms with van der Waals surface area (Å²) in [5.41, 5.74) is 4.66. The van der Waals surface area contributed by atoms with E-state index in [0.29, 0.717) is 5.69 Å². The van der Waals surface area contributed by atoms with Gasteiger partial charge in [0.2, 0.25) is 11.8 Å². The van der Waals surface area contributed by atoms with E-state index in [0.717, 1.165) is 28.2 Å². The first-order chi connectivity index (χ1) is 18.0. The zero-order valence-electron chi connectivity index (χ0n) is 20.1. The second-order valence-corrected chi connectivity index (χ2v) is 8.83. The summed E-state index contributed by atoms with van der Waals surface area (Å²) in [6, 6.07) is 0.417. The fourth-order valence-electron chi connectivity index (χ4n) is 3.02. The van der Waals surface area contributed by atoms with Crippen molar-refractivity contribution in [1.82, 2.24) is 35.4 Å². The normalized spacial score (nSPS) is 13.2. The number of pyridine rings is 1. The highest BCUT2D eigenvalue weighted by atomic mass is 32.2. The molecular formula is C20H26N8O9S. The number of rotatable bonds is 16. The van der Waals surface area contributed by atoms with Crippen molar-refractivity contribution in [2.24, 2.45) is 5.73 Å². The van der Waals surface area contributed by atoms with Crippen LogP contribution in [0.25, 0.3) is 5.69 Å². The fraction of sp³-hybridized carbons (Fsp3) is 0.450. The maximum Gasteiger partial charge on any atom is 0.369 e. The van der Waals surface area contributed by atoms with Crippen LogP contribution in [0.5, 0.6) is 0 Å². The molecule has 206 valence electrons. The lowest BCUT2D eigenvalue weighted by Gasteiger charge is -2.24. The standard InChI is InChI=1S/C20H26N8O9S/c1-37-17(32)7-15(28-20(36)27(25-26-28)11-3-2-6-22-8-11)38-10-13(18(33)23-9-16(30)31)24-12(19(34)35)4-5-14(21)29/h2-3,6,8,12-13,15,24H,4-5,7,9-10H2,1H3,(H2,21,29)(H,23,33)(H,30,31)(H,34,35)/t12-,13-,15?/m0/s1. The molecule has 38 heavy (non-hydrogen) atoms. The van der Waals surface area contributed by atoms with Crippen LogP contribution < -0.4 is 22.1 Å². The summed E-state index contributed by atoms with van der Waals surface area (Å²) in [5, 5.41) is 29.7. The number of hydrogen-bond acceptors (Lipinski definition) is 12. The minimum atomic E-state index is -1.39. The average Bonchev–Trinajstić information content (AvgIpc) is 3.26. The number of thioether (sulfide) groups is 1. The zero-order valence-corrected chi connectivity index (χ0v) is 20.9. The van der Waals surface area contributed by atoms with Crippen molar-refractivity contribution < 1.29 is 38.9 Å². The van der Waals surface area contributed by atoms with Crippen LogP contribution >= 0.6 is 11.8 Å². The molecule has 0 aliphatic rings. The van der Waals surface area contributed by atoms with Crippen molar-refractivity contribution >= 4 is 41.5 Å². The van der Waals surface area contributed by atoms with Crippen molar-refractivity contribution in [1.29, 1.82) is 0 Å². The topological polar surface area (TPSA) is 251 Å². The van der Waals surface area contributed by atoms with E-state index in [-0.39, 0.29) is 25.0 Å². The Morgan fingerprint density at radius 2 is 1.92 bits per heavy atom. The number of aromatic nitrogens is 5. The number of carboxylic acids is 2. The number of hydrogen-bond donors (Lipinski definition) is 5. The second-order valence-electron chi connectivity index (χ2n) is 7.62. The zero-order chi connectivity index (χ0) is 28.2. The SMILES string of the molecule is COC(=O)CC(SC[C@H](N[C@@H](CCC(N)=O)C(=O)O)C(=O)NCC(=O)O)n1nnn(-c2cccnc2)c1=O. The van der Waals surface area contributed by atoms with Gasteiger partial charge in [0, 0.05) is 18.4 Å². The van der Waals surface area contributed by atoms with E-state index in [1.807, 2.05) is 0 Å². The summed E-state index contributed by atoms with van der Waals surface area (Å²) in [4.78, 5) is 75.3. The molecular weight excluding hydrogens is 528 g/mol. The number of nitrogens with zero attached hydrogens (tertiary/aromatic N) is 5. The molecule has 0 bridgehead atoms. The van der Waals surface area contributed by atoms with E-state index in [1.54, 1.807) is 12.1 Å². The summed E-state index contributed by atoms with van der Waals surface area (Å²) >= 11 is 0.865. The van der Waals surface area contributed by atoms with Gasteiger partial charge in [0.05, 0.1) is 31.5 Å². The van der Waals surface area contributed by atoms with Crippen LogP contribution in [0.1, 0.15) is 24.6 Å². The molecule has 1 unspecified atom stereocenters.